The van der Waals surface area contributed by atoms with Gasteiger partial charge < -0.3 is 19.4 Å². The third-order valence-corrected chi connectivity index (χ3v) is 4.85. The van der Waals surface area contributed by atoms with Gasteiger partial charge in [0.15, 0.2) is 5.52 Å². The lowest BCUT2D eigenvalue weighted by molar-refractivity contribution is -0.382. The lowest BCUT2D eigenvalue weighted by atomic mass is 10.1. The number of benzene rings is 1. The lowest BCUT2D eigenvalue weighted by Gasteiger charge is -2.35. The first-order valence-electron chi connectivity index (χ1n) is 8.35. The normalized spacial score (nSPS) is 19.6. The smallest absolute Gasteiger partial charge is 0.323 e. The molecule has 2 aliphatic heterocycles. The van der Waals surface area contributed by atoms with Gasteiger partial charge in [0.25, 0.3) is 0 Å². The number of hydrogen-bond donors (Lipinski definition) is 0. The van der Waals surface area contributed by atoms with E-state index in [1.165, 1.54) is 0 Å². The van der Waals surface area contributed by atoms with E-state index in [-0.39, 0.29) is 11.2 Å². The number of aromatic nitrogens is 2. The SMILES string of the molecule is CN1CCN(c2cc(N3CCOCC3)c([N+](=O)[O-])c3nonc23)CC1. The van der Waals surface area contributed by atoms with Crippen LogP contribution >= 0.6 is 0 Å². The molecule has 0 amide bonds. The van der Waals surface area contributed by atoms with E-state index in [0.29, 0.717) is 37.5 Å². The minimum absolute atomic E-state index is 0.0453. The van der Waals surface area contributed by atoms with Gasteiger partial charge in [-0.3, -0.25) is 10.1 Å². The molecule has 1 aromatic carbocycles. The number of likely N-dealkylation sites (N-methyl/N-ethyl adjacent to an activating group) is 1. The van der Waals surface area contributed by atoms with E-state index in [9.17, 15) is 10.1 Å². The summed E-state index contributed by atoms with van der Waals surface area (Å²) in [5.41, 5.74) is 2.02. The van der Waals surface area contributed by atoms with Crippen molar-refractivity contribution in [2.75, 3.05) is 69.3 Å². The standard InChI is InChI=1S/C15H20N6O4/c1-18-2-4-19(5-3-18)11-10-12(20-6-8-24-9-7-20)15(21(22)23)14-13(11)16-25-17-14/h10H,2-9H2,1H3. The molecule has 10 heteroatoms. The molecule has 0 saturated carbocycles. The molecule has 0 spiro atoms. The number of ether oxygens (including phenoxy) is 1. The van der Waals surface area contributed by atoms with Crippen LogP contribution in [0.15, 0.2) is 10.7 Å². The molecule has 2 aliphatic rings. The van der Waals surface area contributed by atoms with E-state index < -0.39 is 4.92 Å². The summed E-state index contributed by atoms with van der Waals surface area (Å²) in [5, 5.41) is 19.5. The van der Waals surface area contributed by atoms with Crippen molar-refractivity contribution in [3.63, 3.8) is 0 Å². The van der Waals surface area contributed by atoms with Gasteiger partial charge in [0.2, 0.25) is 5.52 Å². The predicted octanol–water partition coefficient (Wildman–Crippen LogP) is 0.719. The Morgan fingerprint density at radius 1 is 1.00 bits per heavy atom. The van der Waals surface area contributed by atoms with Gasteiger partial charge in [-0.05, 0) is 23.4 Å². The summed E-state index contributed by atoms with van der Waals surface area (Å²) in [5.74, 6) is 0. The van der Waals surface area contributed by atoms with E-state index in [4.69, 9.17) is 9.37 Å². The van der Waals surface area contributed by atoms with Gasteiger partial charge in [0, 0.05) is 39.3 Å². The maximum absolute atomic E-state index is 11.7. The molecule has 4 rings (SSSR count). The second-order valence-corrected chi connectivity index (χ2v) is 6.37. The molecule has 2 fully saturated rings. The average molecular weight is 348 g/mol. The highest BCUT2D eigenvalue weighted by Gasteiger charge is 2.31. The molecular formula is C15H20N6O4. The number of nitro benzene ring substituents is 1. The summed E-state index contributed by atoms with van der Waals surface area (Å²) in [4.78, 5) is 17.8. The fourth-order valence-corrected chi connectivity index (χ4v) is 3.41. The molecule has 2 saturated heterocycles. The second kappa shape index (κ2) is 6.45. The van der Waals surface area contributed by atoms with E-state index >= 15 is 0 Å². The third kappa shape index (κ3) is 2.87. The fourth-order valence-electron chi connectivity index (χ4n) is 3.41. The zero-order valence-electron chi connectivity index (χ0n) is 14.1. The topological polar surface area (TPSA) is 101 Å². The second-order valence-electron chi connectivity index (χ2n) is 6.37. The monoisotopic (exact) mass is 348 g/mol. The van der Waals surface area contributed by atoms with Crippen LogP contribution in [0.1, 0.15) is 0 Å². The quantitative estimate of drug-likeness (QED) is 0.586. The highest BCUT2D eigenvalue weighted by atomic mass is 16.6. The molecule has 0 N–H and O–H groups in total. The van der Waals surface area contributed by atoms with E-state index in [2.05, 4.69) is 27.2 Å². The van der Waals surface area contributed by atoms with Crippen LogP contribution < -0.4 is 9.80 Å². The minimum atomic E-state index is -0.398. The van der Waals surface area contributed by atoms with Crippen LogP contribution in [-0.2, 0) is 4.74 Å². The molecule has 134 valence electrons. The Balaban J connectivity index is 1.84. The van der Waals surface area contributed by atoms with Gasteiger partial charge in [-0.1, -0.05) is 0 Å². The first kappa shape index (κ1) is 16.0. The Labute approximate surface area is 144 Å². The Hall–Kier alpha value is -2.46. The Morgan fingerprint density at radius 3 is 2.32 bits per heavy atom. The molecule has 0 bridgehead atoms. The van der Waals surface area contributed by atoms with Crippen LogP contribution in [-0.4, -0.2) is 79.7 Å². The molecule has 10 nitrogen and oxygen atoms in total. The summed E-state index contributed by atoms with van der Waals surface area (Å²) < 4.78 is 10.2. The van der Waals surface area contributed by atoms with Gasteiger partial charge in [0.05, 0.1) is 23.8 Å². The molecule has 0 unspecified atom stereocenters. The Morgan fingerprint density at radius 2 is 1.64 bits per heavy atom. The summed E-state index contributed by atoms with van der Waals surface area (Å²) in [7, 11) is 2.08. The van der Waals surface area contributed by atoms with Crippen molar-refractivity contribution >= 4 is 28.1 Å². The highest BCUT2D eigenvalue weighted by molar-refractivity contribution is 6.00. The number of piperazine rings is 1. The van der Waals surface area contributed by atoms with Crippen LogP contribution in [0.25, 0.3) is 11.0 Å². The highest BCUT2D eigenvalue weighted by Crippen LogP contribution is 2.40. The number of hydrogen-bond acceptors (Lipinski definition) is 9. The molecule has 3 heterocycles. The molecule has 2 aromatic rings. The lowest BCUT2D eigenvalue weighted by Crippen LogP contribution is -2.44. The minimum Gasteiger partial charge on any atom is -0.378 e. The van der Waals surface area contributed by atoms with Crippen molar-refractivity contribution in [3.8, 4) is 0 Å². The summed E-state index contributed by atoms with van der Waals surface area (Å²) in [6, 6.07) is 1.86. The zero-order valence-corrected chi connectivity index (χ0v) is 14.1. The van der Waals surface area contributed by atoms with E-state index in [0.717, 1.165) is 31.9 Å². The molecule has 0 aliphatic carbocycles. The largest absolute Gasteiger partial charge is 0.378 e. The number of morpholine rings is 1. The van der Waals surface area contributed by atoms with Crippen molar-refractivity contribution in [1.82, 2.24) is 15.2 Å². The van der Waals surface area contributed by atoms with Gasteiger partial charge in [-0.25, -0.2) is 4.63 Å². The molecule has 25 heavy (non-hydrogen) atoms. The van der Waals surface area contributed by atoms with Crippen LogP contribution in [0.2, 0.25) is 0 Å². The van der Waals surface area contributed by atoms with Crippen LogP contribution in [0.4, 0.5) is 17.1 Å². The number of nitrogens with zero attached hydrogens (tertiary/aromatic N) is 6. The zero-order chi connectivity index (χ0) is 17.4. The first-order chi connectivity index (χ1) is 12.1. The Bertz CT molecular complexity index is 780. The molecule has 0 atom stereocenters. The molecular weight excluding hydrogens is 328 g/mol. The van der Waals surface area contributed by atoms with Crippen LogP contribution in [0.3, 0.4) is 0 Å². The molecule has 1 aromatic heterocycles. The summed E-state index contributed by atoms with van der Waals surface area (Å²) in [6.45, 7) is 5.84. The van der Waals surface area contributed by atoms with Crippen molar-refractivity contribution in [2.24, 2.45) is 0 Å². The van der Waals surface area contributed by atoms with Crippen molar-refractivity contribution < 1.29 is 14.3 Å². The third-order valence-electron chi connectivity index (χ3n) is 4.85. The van der Waals surface area contributed by atoms with Gasteiger partial charge in [0.1, 0.15) is 5.69 Å². The van der Waals surface area contributed by atoms with Gasteiger partial charge in [-0.15, -0.1) is 0 Å². The van der Waals surface area contributed by atoms with Gasteiger partial charge in [-0.2, -0.15) is 0 Å². The van der Waals surface area contributed by atoms with E-state index in [1.54, 1.807) is 0 Å². The van der Waals surface area contributed by atoms with Crippen LogP contribution in [0, 0.1) is 10.1 Å². The Kier molecular flexibility index (Phi) is 4.14. The number of anilines is 2. The first-order valence-corrected chi connectivity index (χ1v) is 8.35. The van der Waals surface area contributed by atoms with Gasteiger partial charge >= 0.3 is 5.69 Å². The maximum atomic E-state index is 11.7. The maximum Gasteiger partial charge on any atom is 0.323 e. The summed E-state index contributed by atoms with van der Waals surface area (Å²) in [6.07, 6.45) is 0. The van der Waals surface area contributed by atoms with Crippen molar-refractivity contribution in [1.29, 1.82) is 0 Å². The fraction of sp³-hybridized carbons (Fsp3) is 0.600. The number of nitro groups is 1. The average Bonchev–Trinajstić information content (AvgIpc) is 3.11. The van der Waals surface area contributed by atoms with E-state index in [1.807, 2.05) is 11.0 Å². The summed E-state index contributed by atoms with van der Waals surface area (Å²) >= 11 is 0. The van der Waals surface area contributed by atoms with Crippen LogP contribution in [0.5, 0.6) is 0 Å². The van der Waals surface area contributed by atoms with Crippen molar-refractivity contribution in [3.05, 3.63) is 16.2 Å². The van der Waals surface area contributed by atoms with Crippen molar-refractivity contribution in [2.45, 2.75) is 0 Å². The predicted molar refractivity (Wildman–Crippen MR) is 91.2 cm³/mol. The number of rotatable bonds is 3. The molecule has 0 radical (unpaired) electrons. The number of fused-ring (bicyclic) bond motifs is 1.